The van der Waals surface area contributed by atoms with Crippen LogP contribution in [0.15, 0.2) is 36.9 Å². The van der Waals surface area contributed by atoms with Gasteiger partial charge in [-0.2, -0.15) is 5.10 Å². The summed E-state index contributed by atoms with van der Waals surface area (Å²) in [6, 6.07) is 4.92. The Kier molecular flexibility index (Phi) is 3.57. The fraction of sp³-hybridized carbons (Fsp3) is 0.348. The molecule has 0 spiro atoms. The molecule has 0 bridgehead atoms. The quantitative estimate of drug-likeness (QED) is 0.455. The van der Waals surface area contributed by atoms with Gasteiger partial charge in [-0.1, -0.05) is 0 Å². The number of hydrogen-bond acceptors (Lipinski definition) is 6. The summed E-state index contributed by atoms with van der Waals surface area (Å²) >= 11 is 0. The van der Waals surface area contributed by atoms with Crippen LogP contribution in [0.3, 0.4) is 0 Å². The van der Waals surface area contributed by atoms with E-state index in [-0.39, 0.29) is 0 Å². The van der Waals surface area contributed by atoms with Crippen molar-refractivity contribution in [1.29, 1.82) is 0 Å². The molecule has 32 heavy (non-hydrogen) atoms. The number of aryl methyl sites for hydroxylation is 2. The molecule has 0 amide bonds. The number of rotatable bonds is 5. The van der Waals surface area contributed by atoms with Crippen molar-refractivity contribution in [3.8, 4) is 11.1 Å². The number of hydrogen-bond donors (Lipinski definition) is 1. The maximum Gasteiger partial charge on any atom is 0.245 e. The second-order valence-electron chi connectivity index (χ2n) is 8.97. The molecule has 0 aliphatic heterocycles. The van der Waals surface area contributed by atoms with Crippen molar-refractivity contribution in [2.45, 2.75) is 44.6 Å². The summed E-state index contributed by atoms with van der Waals surface area (Å²) in [6.45, 7) is 2.07. The molecule has 0 unspecified atom stereocenters. The van der Waals surface area contributed by atoms with Crippen LogP contribution < -0.4 is 5.32 Å². The Balaban J connectivity index is 1.37. The first-order chi connectivity index (χ1) is 15.6. The van der Waals surface area contributed by atoms with Crippen LogP contribution in [-0.2, 0) is 7.05 Å². The molecular weight excluding hydrogens is 402 g/mol. The maximum absolute atomic E-state index is 4.93. The van der Waals surface area contributed by atoms with Gasteiger partial charge in [0.25, 0.3) is 0 Å². The molecule has 0 aromatic carbocycles. The van der Waals surface area contributed by atoms with Crippen LogP contribution in [0.4, 0.5) is 11.6 Å². The number of imidazole rings is 1. The topological polar surface area (TPSA) is 90.8 Å². The van der Waals surface area contributed by atoms with Gasteiger partial charge in [-0.15, -0.1) is 5.10 Å². The van der Waals surface area contributed by atoms with E-state index in [1.807, 2.05) is 30.2 Å². The summed E-state index contributed by atoms with van der Waals surface area (Å²) in [5, 5.41) is 12.2. The van der Waals surface area contributed by atoms with Crippen LogP contribution in [0.25, 0.3) is 27.8 Å². The van der Waals surface area contributed by atoms with Crippen molar-refractivity contribution in [1.82, 2.24) is 38.9 Å². The highest BCUT2D eigenvalue weighted by Crippen LogP contribution is 2.44. The summed E-state index contributed by atoms with van der Waals surface area (Å²) in [6.07, 6.45) is 12.4. The largest absolute Gasteiger partial charge is 0.324 e. The molecule has 0 radical (unpaired) electrons. The van der Waals surface area contributed by atoms with Gasteiger partial charge in [0, 0.05) is 48.7 Å². The fourth-order valence-corrected chi connectivity index (χ4v) is 4.63. The molecule has 1 N–H and O–H groups in total. The average Bonchev–Trinajstić information content (AvgIpc) is 3.69. The minimum absolute atomic E-state index is 0.472. The molecule has 2 aliphatic rings. The summed E-state index contributed by atoms with van der Waals surface area (Å²) in [5.41, 5.74) is 7.18. The Hall–Kier alpha value is -3.75. The molecule has 9 nitrogen and oxygen atoms in total. The van der Waals surface area contributed by atoms with E-state index < -0.39 is 0 Å². The van der Waals surface area contributed by atoms with E-state index in [0.29, 0.717) is 17.9 Å². The second-order valence-corrected chi connectivity index (χ2v) is 8.97. The van der Waals surface area contributed by atoms with E-state index in [0.717, 1.165) is 57.9 Å². The number of anilines is 2. The van der Waals surface area contributed by atoms with Gasteiger partial charge in [-0.25, -0.2) is 19.5 Å². The predicted molar refractivity (Wildman–Crippen MR) is 121 cm³/mol. The van der Waals surface area contributed by atoms with E-state index in [1.54, 1.807) is 10.9 Å². The number of aromatic nitrogens is 8. The van der Waals surface area contributed by atoms with Crippen molar-refractivity contribution in [2.24, 2.45) is 7.05 Å². The van der Waals surface area contributed by atoms with Crippen molar-refractivity contribution in [3.05, 3.63) is 48.4 Å². The van der Waals surface area contributed by atoms with Crippen LogP contribution in [0.5, 0.6) is 0 Å². The Morgan fingerprint density at radius 2 is 1.97 bits per heavy atom. The van der Waals surface area contributed by atoms with Gasteiger partial charge in [0.1, 0.15) is 5.82 Å². The SMILES string of the molecule is Cc1nc2ncc(-c3ccn4nc(Nc5cnn(C)c5)nc(C5CC5)c34)cc2n1C1CC1. The summed E-state index contributed by atoms with van der Waals surface area (Å²) in [7, 11) is 1.89. The van der Waals surface area contributed by atoms with Gasteiger partial charge in [0.05, 0.1) is 28.6 Å². The summed E-state index contributed by atoms with van der Waals surface area (Å²) in [4.78, 5) is 14.3. The molecule has 0 saturated heterocycles. The molecule has 5 aromatic heterocycles. The smallest absolute Gasteiger partial charge is 0.245 e. The Morgan fingerprint density at radius 3 is 2.72 bits per heavy atom. The van der Waals surface area contributed by atoms with E-state index in [1.165, 1.54) is 12.8 Å². The molecule has 9 heteroatoms. The van der Waals surface area contributed by atoms with Crippen molar-refractivity contribution >= 4 is 28.3 Å². The molecule has 2 aliphatic carbocycles. The summed E-state index contributed by atoms with van der Waals surface area (Å²) in [5.74, 6) is 2.10. The van der Waals surface area contributed by atoms with Gasteiger partial charge in [-0.05, 0) is 44.7 Å². The first kappa shape index (κ1) is 17.9. The summed E-state index contributed by atoms with van der Waals surface area (Å²) < 4.78 is 6.05. The van der Waals surface area contributed by atoms with Crippen LogP contribution in [-0.4, -0.2) is 38.9 Å². The predicted octanol–water partition coefficient (Wildman–Crippen LogP) is 4.14. The monoisotopic (exact) mass is 425 g/mol. The fourth-order valence-electron chi connectivity index (χ4n) is 4.63. The maximum atomic E-state index is 4.93. The lowest BCUT2D eigenvalue weighted by Gasteiger charge is -2.10. The Labute approximate surface area is 184 Å². The zero-order valence-electron chi connectivity index (χ0n) is 18.0. The lowest BCUT2D eigenvalue weighted by molar-refractivity contribution is 0.734. The third-order valence-electron chi connectivity index (χ3n) is 6.41. The zero-order valence-corrected chi connectivity index (χ0v) is 18.0. The van der Waals surface area contributed by atoms with Gasteiger partial charge < -0.3 is 9.88 Å². The number of nitrogens with one attached hydrogen (secondary N) is 1. The first-order valence-corrected chi connectivity index (χ1v) is 11.1. The van der Waals surface area contributed by atoms with Gasteiger partial charge >= 0.3 is 0 Å². The normalized spacial score (nSPS) is 16.3. The third-order valence-corrected chi connectivity index (χ3v) is 6.41. The molecule has 7 rings (SSSR count). The Bertz CT molecular complexity index is 1500. The van der Waals surface area contributed by atoms with Crippen LogP contribution in [0, 0.1) is 6.92 Å². The third kappa shape index (κ3) is 2.80. The van der Waals surface area contributed by atoms with Gasteiger partial charge in [0.2, 0.25) is 5.95 Å². The molecule has 2 fully saturated rings. The first-order valence-electron chi connectivity index (χ1n) is 11.1. The highest BCUT2D eigenvalue weighted by atomic mass is 15.3. The number of nitrogens with zero attached hydrogens (tertiary/aromatic N) is 8. The lowest BCUT2D eigenvalue weighted by Crippen LogP contribution is -2.05. The zero-order chi connectivity index (χ0) is 21.4. The van der Waals surface area contributed by atoms with E-state index in [2.05, 4.69) is 39.0 Å². The number of fused-ring (bicyclic) bond motifs is 2. The van der Waals surface area contributed by atoms with Gasteiger partial charge in [0.15, 0.2) is 5.65 Å². The van der Waals surface area contributed by atoms with Crippen molar-refractivity contribution < 1.29 is 0 Å². The Morgan fingerprint density at radius 1 is 1.09 bits per heavy atom. The molecule has 2 saturated carbocycles. The van der Waals surface area contributed by atoms with E-state index in [9.17, 15) is 0 Å². The van der Waals surface area contributed by atoms with Crippen LogP contribution >= 0.6 is 0 Å². The minimum Gasteiger partial charge on any atom is -0.324 e. The second kappa shape index (κ2) is 6.38. The molecule has 5 aromatic rings. The molecule has 5 heterocycles. The van der Waals surface area contributed by atoms with Crippen molar-refractivity contribution in [3.63, 3.8) is 0 Å². The highest BCUT2D eigenvalue weighted by molar-refractivity contribution is 5.87. The standard InChI is InChI=1S/C23H23N9/c1-13-26-22-19(32(13)17-5-6-17)9-15(10-24-22)18-7-8-31-21(18)20(14-3-4-14)28-23(29-31)27-16-11-25-30(2)12-16/h7-12,14,17H,3-6H2,1-2H3,(H,27,29). The van der Waals surface area contributed by atoms with E-state index >= 15 is 0 Å². The van der Waals surface area contributed by atoms with Crippen LogP contribution in [0.2, 0.25) is 0 Å². The number of pyridine rings is 1. The minimum atomic E-state index is 0.472. The highest BCUT2D eigenvalue weighted by Gasteiger charge is 2.31. The van der Waals surface area contributed by atoms with E-state index in [4.69, 9.17) is 15.1 Å². The van der Waals surface area contributed by atoms with Crippen LogP contribution in [0.1, 0.15) is 49.2 Å². The molecular formula is C23H23N9. The van der Waals surface area contributed by atoms with Gasteiger partial charge in [-0.3, -0.25) is 4.68 Å². The molecule has 0 atom stereocenters. The van der Waals surface area contributed by atoms with Crippen molar-refractivity contribution in [2.75, 3.05) is 5.32 Å². The molecule has 160 valence electrons. The average molecular weight is 426 g/mol. The lowest BCUT2D eigenvalue weighted by atomic mass is 10.1.